The van der Waals surface area contributed by atoms with Crippen molar-refractivity contribution < 1.29 is 14.3 Å². The van der Waals surface area contributed by atoms with Crippen molar-refractivity contribution in [1.29, 1.82) is 0 Å². The highest BCUT2D eigenvalue weighted by Crippen LogP contribution is 2.31. The minimum Gasteiger partial charge on any atom is -0.466 e. The standard InChI is InChI=1S/C25H29N3O3/c1-3-31-25(30)20-11-14-27(15-12-20)23(29)16-21(19-9-5-4-6-10-19)22-17-26-24-18(2)8-7-13-28(22)24/h4-10,13,17,20-21H,3,11-12,14-16H2,1-2H3. The number of rotatable bonds is 6. The fraction of sp³-hybridized carbons (Fsp3) is 0.400. The van der Waals surface area contributed by atoms with E-state index in [1.807, 2.05) is 61.5 Å². The lowest BCUT2D eigenvalue weighted by Crippen LogP contribution is -2.41. The molecule has 0 N–H and O–H groups in total. The Morgan fingerprint density at radius 1 is 1.13 bits per heavy atom. The highest BCUT2D eigenvalue weighted by molar-refractivity contribution is 5.78. The van der Waals surface area contributed by atoms with Crippen molar-refractivity contribution in [3.8, 4) is 0 Å². The van der Waals surface area contributed by atoms with Gasteiger partial charge >= 0.3 is 5.97 Å². The van der Waals surface area contributed by atoms with E-state index in [0.717, 1.165) is 22.5 Å². The molecule has 0 radical (unpaired) electrons. The van der Waals surface area contributed by atoms with E-state index in [-0.39, 0.29) is 23.7 Å². The first-order chi connectivity index (χ1) is 15.1. The maximum Gasteiger partial charge on any atom is 0.309 e. The van der Waals surface area contributed by atoms with Crippen molar-refractivity contribution in [1.82, 2.24) is 14.3 Å². The lowest BCUT2D eigenvalue weighted by Gasteiger charge is -2.32. The van der Waals surface area contributed by atoms with Gasteiger partial charge in [0, 0.05) is 37.8 Å². The zero-order valence-corrected chi connectivity index (χ0v) is 18.2. The molecular formula is C25H29N3O3. The van der Waals surface area contributed by atoms with Gasteiger partial charge in [0.15, 0.2) is 0 Å². The number of likely N-dealkylation sites (tertiary alicyclic amines) is 1. The van der Waals surface area contributed by atoms with E-state index in [9.17, 15) is 9.59 Å². The second-order valence-corrected chi connectivity index (χ2v) is 8.14. The van der Waals surface area contributed by atoms with Gasteiger partial charge in [-0.05, 0) is 43.9 Å². The number of aromatic nitrogens is 2. The fourth-order valence-electron chi connectivity index (χ4n) is 4.44. The molecule has 6 nitrogen and oxygen atoms in total. The molecule has 4 rings (SSSR count). The summed E-state index contributed by atoms with van der Waals surface area (Å²) < 4.78 is 7.24. The van der Waals surface area contributed by atoms with Gasteiger partial charge in [-0.25, -0.2) is 4.98 Å². The number of amides is 1. The zero-order valence-electron chi connectivity index (χ0n) is 18.2. The Balaban J connectivity index is 1.54. The van der Waals surface area contributed by atoms with Crippen LogP contribution >= 0.6 is 0 Å². The molecule has 1 atom stereocenters. The first-order valence-electron chi connectivity index (χ1n) is 11.0. The zero-order chi connectivity index (χ0) is 21.8. The summed E-state index contributed by atoms with van der Waals surface area (Å²) in [5.74, 6) is -0.222. The van der Waals surface area contributed by atoms with Gasteiger partial charge in [0.05, 0.1) is 18.2 Å². The average molecular weight is 420 g/mol. The van der Waals surface area contributed by atoms with Crippen molar-refractivity contribution in [3.05, 3.63) is 71.7 Å². The molecule has 162 valence electrons. The van der Waals surface area contributed by atoms with Crippen LogP contribution in [0.2, 0.25) is 0 Å². The van der Waals surface area contributed by atoms with E-state index >= 15 is 0 Å². The van der Waals surface area contributed by atoms with E-state index in [1.54, 1.807) is 0 Å². The first-order valence-corrected chi connectivity index (χ1v) is 11.0. The van der Waals surface area contributed by atoms with Crippen LogP contribution in [0.5, 0.6) is 0 Å². The minimum atomic E-state index is -0.141. The van der Waals surface area contributed by atoms with Crippen molar-refractivity contribution in [3.63, 3.8) is 0 Å². The Kier molecular flexibility index (Phi) is 6.35. The largest absolute Gasteiger partial charge is 0.466 e. The Morgan fingerprint density at radius 2 is 1.87 bits per heavy atom. The van der Waals surface area contributed by atoms with Crippen molar-refractivity contribution in [2.24, 2.45) is 5.92 Å². The molecule has 0 aliphatic carbocycles. The summed E-state index contributed by atoms with van der Waals surface area (Å²) >= 11 is 0. The van der Waals surface area contributed by atoms with Gasteiger partial charge in [0.1, 0.15) is 5.65 Å². The third kappa shape index (κ3) is 4.48. The van der Waals surface area contributed by atoms with E-state index in [2.05, 4.69) is 21.5 Å². The molecule has 0 saturated carbocycles. The van der Waals surface area contributed by atoms with Gasteiger partial charge < -0.3 is 14.0 Å². The smallest absolute Gasteiger partial charge is 0.309 e. The number of benzene rings is 1. The number of carbonyl (C=O) groups excluding carboxylic acids is 2. The van der Waals surface area contributed by atoms with Crippen LogP contribution in [-0.2, 0) is 14.3 Å². The Morgan fingerprint density at radius 3 is 2.58 bits per heavy atom. The van der Waals surface area contributed by atoms with Gasteiger partial charge in [0.25, 0.3) is 0 Å². The van der Waals surface area contributed by atoms with Crippen LogP contribution in [0.1, 0.15) is 48.9 Å². The van der Waals surface area contributed by atoms with Crippen LogP contribution in [0.3, 0.4) is 0 Å². The summed E-state index contributed by atoms with van der Waals surface area (Å²) in [4.78, 5) is 31.8. The summed E-state index contributed by atoms with van der Waals surface area (Å²) in [7, 11) is 0. The fourth-order valence-corrected chi connectivity index (χ4v) is 4.44. The van der Waals surface area contributed by atoms with Crippen molar-refractivity contribution in [2.45, 2.75) is 39.0 Å². The predicted molar refractivity (Wildman–Crippen MR) is 119 cm³/mol. The van der Waals surface area contributed by atoms with Crippen LogP contribution in [0.4, 0.5) is 0 Å². The van der Waals surface area contributed by atoms with Crippen LogP contribution in [0.25, 0.3) is 5.65 Å². The Bertz CT molecular complexity index is 1050. The number of esters is 1. The Hall–Kier alpha value is -3.15. The van der Waals surface area contributed by atoms with E-state index in [1.165, 1.54) is 0 Å². The maximum atomic E-state index is 13.3. The molecule has 1 amide bonds. The summed E-state index contributed by atoms with van der Waals surface area (Å²) in [6, 6.07) is 14.2. The molecule has 3 heterocycles. The quantitative estimate of drug-likeness (QED) is 0.567. The van der Waals surface area contributed by atoms with Crippen LogP contribution in [0.15, 0.2) is 54.9 Å². The van der Waals surface area contributed by atoms with Crippen molar-refractivity contribution in [2.75, 3.05) is 19.7 Å². The van der Waals surface area contributed by atoms with E-state index < -0.39 is 0 Å². The van der Waals surface area contributed by atoms with Gasteiger partial charge in [-0.1, -0.05) is 36.4 Å². The molecule has 1 aliphatic heterocycles. The second-order valence-electron chi connectivity index (χ2n) is 8.14. The molecule has 1 fully saturated rings. The molecule has 0 spiro atoms. The number of fused-ring (bicyclic) bond motifs is 1. The molecule has 3 aromatic rings. The first kappa shape index (κ1) is 21.1. The SMILES string of the molecule is CCOC(=O)C1CCN(C(=O)CC(c2ccccc2)c2cnc3c(C)cccn23)CC1. The summed E-state index contributed by atoms with van der Waals surface area (Å²) in [6.45, 7) is 5.45. The molecule has 1 unspecified atom stereocenters. The molecule has 0 bridgehead atoms. The van der Waals surface area contributed by atoms with Gasteiger partial charge in [-0.2, -0.15) is 0 Å². The molecule has 1 aromatic carbocycles. The second kappa shape index (κ2) is 9.33. The monoisotopic (exact) mass is 419 g/mol. The van der Waals surface area contributed by atoms with Crippen LogP contribution < -0.4 is 0 Å². The molecule has 31 heavy (non-hydrogen) atoms. The number of ether oxygens (including phenoxy) is 1. The predicted octanol–water partition coefficient (Wildman–Crippen LogP) is 3.97. The highest BCUT2D eigenvalue weighted by atomic mass is 16.5. The van der Waals surface area contributed by atoms with Crippen LogP contribution in [-0.4, -0.2) is 45.9 Å². The summed E-state index contributed by atoms with van der Waals surface area (Å²) in [5.41, 5.74) is 4.13. The van der Waals surface area contributed by atoms with Gasteiger partial charge in [-0.3, -0.25) is 9.59 Å². The van der Waals surface area contributed by atoms with Crippen LogP contribution in [0, 0.1) is 12.8 Å². The molecule has 6 heteroatoms. The summed E-state index contributed by atoms with van der Waals surface area (Å²) in [5, 5.41) is 0. The maximum absolute atomic E-state index is 13.3. The van der Waals surface area contributed by atoms with E-state index in [4.69, 9.17) is 4.74 Å². The number of aryl methyl sites for hydroxylation is 1. The number of nitrogens with zero attached hydrogens (tertiary/aromatic N) is 3. The molecule has 2 aromatic heterocycles. The number of piperidine rings is 1. The number of hydrogen-bond donors (Lipinski definition) is 0. The van der Waals surface area contributed by atoms with E-state index in [0.29, 0.717) is 39.0 Å². The third-order valence-electron chi connectivity index (χ3n) is 6.16. The Labute approximate surface area is 182 Å². The third-order valence-corrected chi connectivity index (χ3v) is 6.16. The minimum absolute atomic E-state index is 0.0896. The number of carbonyl (C=O) groups is 2. The molecular weight excluding hydrogens is 390 g/mol. The lowest BCUT2D eigenvalue weighted by molar-refractivity contribution is -0.151. The topological polar surface area (TPSA) is 63.9 Å². The number of hydrogen-bond acceptors (Lipinski definition) is 4. The molecule has 1 aliphatic rings. The van der Waals surface area contributed by atoms with Crippen molar-refractivity contribution >= 4 is 17.5 Å². The highest BCUT2D eigenvalue weighted by Gasteiger charge is 2.30. The molecule has 1 saturated heterocycles. The van der Waals surface area contributed by atoms with Gasteiger partial charge in [-0.15, -0.1) is 0 Å². The number of imidazole rings is 1. The lowest BCUT2D eigenvalue weighted by atomic mass is 9.91. The normalized spacial score (nSPS) is 15.7. The summed E-state index contributed by atoms with van der Waals surface area (Å²) in [6.07, 6.45) is 5.59. The number of pyridine rings is 1. The van der Waals surface area contributed by atoms with Gasteiger partial charge in [0.2, 0.25) is 5.91 Å². The average Bonchev–Trinajstić information content (AvgIpc) is 3.23.